The number of para-hydroxylation sites is 1. The fourth-order valence-corrected chi connectivity index (χ4v) is 6.24. The summed E-state index contributed by atoms with van der Waals surface area (Å²) in [4.78, 5) is 29.7. The average molecular weight is 616 g/mol. The first-order valence-corrected chi connectivity index (χ1v) is 15.2. The molecule has 232 valence electrons. The second kappa shape index (κ2) is 12.9. The van der Waals surface area contributed by atoms with Crippen LogP contribution in [0.3, 0.4) is 0 Å². The van der Waals surface area contributed by atoms with E-state index in [9.17, 15) is 23.1 Å². The predicted molar refractivity (Wildman–Crippen MR) is 159 cm³/mol. The molecular weight excluding hydrogens is 578 g/mol. The summed E-state index contributed by atoms with van der Waals surface area (Å²) >= 11 is 0. The van der Waals surface area contributed by atoms with E-state index >= 15 is 0 Å². The van der Waals surface area contributed by atoms with Gasteiger partial charge in [0.05, 0.1) is 37.6 Å². The Bertz CT molecular complexity index is 1550. The molecule has 0 saturated carbocycles. The number of likely N-dealkylation sites (N-methyl/N-ethyl adjacent to an activating group) is 1. The first-order chi connectivity index (χ1) is 20.4. The van der Waals surface area contributed by atoms with Crippen LogP contribution in [0.2, 0.25) is 0 Å². The Kier molecular flexibility index (Phi) is 9.50. The van der Waals surface area contributed by atoms with Crippen molar-refractivity contribution in [2.75, 3.05) is 43.9 Å². The fraction of sp³-hybridized carbons (Fsp3) is 0.414. The highest BCUT2D eigenvalue weighted by Crippen LogP contribution is 2.36. The van der Waals surface area contributed by atoms with Gasteiger partial charge in [-0.3, -0.25) is 9.52 Å². The van der Waals surface area contributed by atoms with Crippen molar-refractivity contribution in [2.45, 2.75) is 44.7 Å². The van der Waals surface area contributed by atoms with Gasteiger partial charge in [-0.25, -0.2) is 13.2 Å². The minimum absolute atomic E-state index is 0.0125. The molecule has 0 spiro atoms. The third-order valence-corrected chi connectivity index (χ3v) is 8.92. The number of methoxy groups -OCH3 is 1. The Morgan fingerprint density at radius 2 is 1.93 bits per heavy atom. The number of hydrogen-bond donors (Lipinski definition) is 3. The molecule has 3 aromatic rings. The van der Waals surface area contributed by atoms with E-state index in [-0.39, 0.29) is 59.0 Å². The lowest BCUT2D eigenvalue weighted by Gasteiger charge is -2.38. The monoisotopic (exact) mass is 615 g/mol. The van der Waals surface area contributed by atoms with Crippen LogP contribution in [0.25, 0.3) is 0 Å². The van der Waals surface area contributed by atoms with Crippen molar-refractivity contribution in [2.24, 2.45) is 5.92 Å². The summed E-state index contributed by atoms with van der Waals surface area (Å²) in [6.45, 7) is 6.65. The Morgan fingerprint density at radius 1 is 1.23 bits per heavy atom. The van der Waals surface area contributed by atoms with Crippen LogP contribution in [0, 0.1) is 19.8 Å². The molecule has 3 amide bonds. The molecule has 0 saturated heterocycles. The van der Waals surface area contributed by atoms with Gasteiger partial charge in [0.2, 0.25) is 0 Å². The van der Waals surface area contributed by atoms with Gasteiger partial charge in [-0.05, 0) is 57.2 Å². The lowest BCUT2D eigenvalue weighted by Crippen LogP contribution is -2.50. The molecule has 1 aliphatic rings. The molecule has 2 aromatic carbocycles. The molecule has 0 radical (unpaired) electrons. The Hall–Kier alpha value is -4.30. The summed E-state index contributed by atoms with van der Waals surface area (Å²) in [7, 11) is -1.01. The van der Waals surface area contributed by atoms with Crippen molar-refractivity contribution >= 4 is 33.3 Å². The second-order valence-corrected chi connectivity index (χ2v) is 12.2. The number of urea groups is 1. The predicted octanol–water partition coefficient (Wildman–Crippen LogP) is 3.48. The molecular formula is C29H37N5O8S. The van der Waals surface area contributed by atoms with E-state index in [0.29, 0.717) is 11.4 Å². The summed E-state index contributed by atoms with van der Waals surface area (Å²) in [6, 6.07) is 10.5. The Morgan fingerprint density at radius 3 is 2.53 bits per heavy atom. The number of anilines is 2. The molecule has 14 heteroatoms. The number of ether oxygens (including phenoxy) is 2. The maximum Gasteiger partial charge on any atom is 0.321 e. The lowest BCUT2D eigenvalue weighted by atomic mass is 9.99. The normalized spacial score (nSPS) is 17.7. The van der Waals surface area contributed by atoms with Crippen LogP contribution < -0.4 is 19.5 Å². The summed E-state index contributed by atoms with van der Waals surface area (Å²) in [6.07, 6.45) is -0.670. The topological polar surface area (TPSA) is 164 Å². The van der Waals surface area contributed by atoms with Gasteiger partial charge < -0.3 is 34.2 Å². The summed E-state index contributed by atoms with van der Waals surface area (Å²) in [5, 5.41) is 16.5. The molecule has 4 rings (SSSR count). The molecule has 1 aliphatic heterocycles. The largest absolute Gasteiger partial charge is 0.497 e. The van der Waals surface area contributed by atoms with E-state index in [1.165, 1.54) is 35.8 Å². The number of amides is 3. The van der Waals surface area contributed by atoms with Crippen molar-refractivity contribution < 1.29 is 37.1 Å². The molecule has 2 heterocycles. The van der Waals surface area contributed by atoms with Gasteiger partial charge in [0.15, 0.2) is 16.4 Å². The van der Waals surface area contributed by atoms with E-state index in [1.54, 1.807) is 51.4 Å². The number of fused-ring (bicyclic) bond motifs is 1. The summed E-state index contributed by atoms with van der Waals surface area (Å²) in [5.41, 5.74) is 0.896. The van der Waals surface area contributed by atoms with E-state index < -0.39 is 34.1 Å². The zero-order valence-corrected chi connectivity index (χ0v) is 25.8. The fourth-order valence-electron chi connectivity index (χ4n) is 4.84. The number of carbonyl (C=O) groups excluding carboxylic acids is 2. The van der Waals surface area contributed by atoms with E-state index in [1.807, 2.05) is 6.92 Å². The standard InChI is InChI=1S/C29H37N5O8S/c1-17-14-34(18(2)16-35)28(36)23-8-7-9-24(32-43(38,39)27-19(3)31-42-20(27)4)26(23)41-25(17)15-33(5)29(37)30-21-10-12-22(40-6)13-11-21/h7-13,17-18,25,32,35H,14-16H2,1-6H3,(H,30,37)/t17-,18-,25-/m0/s1. The molecule has 0 fully saturated rings. The number of hydrogen-bond acceptors (Lipinski definition) is 9. The molecule has 13 nitrogen and oxygen atoms in total. The third-order valence-electron chi connectivity index (χ3n) is 7.31. The quantitative estimate of drug-likeness (QED) is 0.327. The number of aliphatic hydroxyl groups is 1. The van der Waals surface area contributed by atoms with Crippen molar-refractivity contribution in [3.63, 3.8) is 0 Å². The number of nitrogens with one attached hydrogen (secondary N) is 2. The Balaban J connectivity index is 1.68. The number of aliphatic hydroxyl groups excluding tert-OH is 1. The second-order valence-electron chi connectivity index (χ2n) is 10.6. The number of sulfonamides is 1. The third kappa shape index (κ3) is 6.86. The van der Waals surface area contributed by atoms with Crippen molar-refractivity contribution in [3.05, 3.63) is 59.5 Å². The van der Waals surface area contributed by atoms with Gasteiger partial charge in [-0.15, -0.1) is 0 Å². The molecule has 1 aromatic heterocycles. The Labute approximate surface area is 250 Å². The SMILES string of the molecule is COc1ccc(NC(=O)N(C)C[C@@H]2Oc3c(NS(=O)(=O)c4c(C)noc4C)cccc3C(=O)N([C@@H](C)CO)C[C@@H]2C)cc1. The molecule has 0 aliphatic carbocycles. The maximum atomic E-state index is 13.7. The van der Waals surface area contributed by atoms with Crippen LogP contribution in [0.1, 0.15) is 35.7 Å². The summed E-state index contributed by atoms with van der Waals surface area (Å²) < 4.78 is 46.0. The van der Waals surface area contributed by atoms with Gasteiger partial charge in [-0.2, -0.15) is 0 Å². The van der Waals surface area contributed by atoms with E-state index in [0.717, 1.165) is 0 Å². The first kappa shape index (κ1) is 31.6. The number of benzene rings is 2. The van der Waals surface area contributed by atoms with Crippen LogP contribution in [-0.4, -0.2) is 86.4 Å². The van der Waals surface area contributed by atoms with Gasteiger partial charge in [-0.1, -0.05) is 18.1 Å². The van der Waals surface area contributed by atoms with Crippen LogP contribution in [0.5, 0.6) is 11.5 Å². The smallest absolute Gasteiger partial charge is 0.321 e. The zero-order valence-electron chi connectivity index (χ0n) is 24.9. The maximum absolute atomic E-state index is 13.7. The van der Waals surface area contributed by atoms with E-state index in [4.69, 9.17) is 14.0 Å². The van der Waals surface area contributed by atoms with Crippen LogP contribution in [-0.2, 0) is 10.0 Å². The van der Waals surface area contributed by atoms with Crippen LogP contribution in [0.4, 0.5) is 16.2 Å². The van der Waals surface area contributed by atoms with Gasteiger partial charge in [0, 0.05) is 25.2 Å². The van der Waals surface area contributed by atoms with Gasteiger partial charge in [0.1, 0.15) is 17.5 Å². The highest BCUT2D eigenvalue weighted by Gasteiger charge is 2.36. The number of carbonyl (C=O) groups is 2. The molecule has 0 bridgehead atoms. The van der Waals surface area contributed by atoms with Crippen LogP contribution in [0.15, 0.2) is 51.9 Å². The average Bonchev–Trinajstić information content (AvgIpc) is 3.33. The number of nitrogens with zero attached hydrogens (tertiary/aromatic N) is 3. The molecule has 3 N–H and O–H groups in total. The van der Waals surface area contributed by atoms with Crippen molar-refractivity contribution in [1.82, 2.24) is 15.0 Å². The lowest BCUT2D eigenvalue weighted by molar-refractivity contribution is 0.0373. The first-order valence-electron chi connectivity index (χ1n) is 13.7. The number of aromatic nitrogens is 1. The molecule has 3 atom stereocenters. The van der Waals surface area contributed by atoms with Crippen molar-refractivity contribution in [1.29, 1.82) is 0 Å². The molecule has 43 heavy (non-hydrogen) atoms. The highest BCUT2D eigenvalue weighted by molar-refractivity contribution is 7.92. The zero-order chi connectivity index (χ0) is 31.5. The number of aryl methyl sites for hydroxylation is 2. The molecule has 0 unspecified atom stereocenters. The van der Waals surface area contributed by atoms with Crippen molar-refractivity contribution in [3.8, 4) is 11.5 Å². The summed E-state index contributed by atoms with van der Waals surface area (Å²) in [5.74, 6) is 0.0254. The van der Waals surface area contributed by atoms with Gasteiger partial charge >= 0.3 is 6.03 Å². The van der Waals surface area contributed by atoms with Gasteiger partial charge in [0.25, 0.3) is 15.9 Å². The number of rotatable bonds is 9. The van der Waals surface area contributed by atoms with Crippen LogP contribution >= 0.6 is 0 Å². The minimum Gasteiger partial charge on any atom is -0.497 e. The highest BCUT2D eigenvalue weighted by atomic mass is 32.2. The van der Waals surface area contributed by atoms with E-state index in [2.05, 4.69) is 15.2 Å². The minimum atomic E-state index is -4.18.